The fourth-order valence-electron chi connectivity index (χ4n) is 2.66. The second-order valence-electron chi connectivity index (χ2n) is 4.94. The minimum Gasteiger partial charge on any atom is -0.358 e. The molecule has 102 valence electrons. The number of fused-ring (bicyclic) bond motifs is 1. The van der Waals surface area contributed by atoms with Crippen molar-refractivity contribution in [2.75, 3.05) is 11.6 Å². The maximum atomic E-state index is 6.01. The monoisotopic (exact) mass is 312 g/mol. The Morgan fingerprint density at radius 1 is 1.37 bits per heavy atom. The van der Waals surface area contributed by atoms with E-state index < -0.39 is 0 Å². The van der Waals surface area contributed by atoms with Gasteiger partial charge in [0, 0.05) is 16.3 Å². The Hall–Kier alpha value is -0.450. The highest BCUT2D eigenvalue weighted by atomic mass is 35.5. The summed E-state index contributed by atoms with van der Waals surface area (Å²) in [5.74, 6) is 0. The zero-order valence-electron chi connectivity index (χ0n) is 10.9. The zero-order valence-corrected chi connectivity index (χ0v) is 13.2. The molecule has 2 nitrogen and oxygen atoms in total. The molecular weight excluding hydrogens is 296 g/mol. The molecule has 1 aliphatic carbocycles. The van der Waals surface area contributed by atoms with Crippen LogP contribution in [0.1, 0.15) is 25.7 Å². The number of rotatable bonds is 3. The first-order chi connectivity index (χ1) is 9.26. The average Bonchev–Trinajstić information content (AvgIpc) is 2.80. The third kappa shape index (κ3) is 3.01. The van der Waals surface area contributed by atoms with Gasteiger partial charge in [0.25, 0.3) is 0 Å². The van der Waals surface area contributed by atoms with Crippen LogP contribution in [-0.4, -0.2) is 22.5 Å². The molecule has 1 aliphatic rings. The predicted octanol–water partition coefficient (Wildman–Crippen LogP) is 5.04. The molecule has 1 heterocycles. The first-order valence-electron chi connectivity index (χ1n) is 6.61. The van der Waals surface area contributed by atoms with Crippen LogP contribution in [0, 0.1) is 0 Å². The van der Waals surface area contributed by atoms with E-state index in [9.17, 15) is 0 Å². The minimum absolute atomic E-state index is 0.555. The number of thioether (sulfide) groups is 1. The normalized spacial score (nSPS) is 23.7. The number of hydrogen-bond donors (Lipinski definition) is 1. The van der Waals surface area contributed by atoms with Crippen LogP contribution in [0.4, 0.5) is 5.13 Å². The van der Waals surface area contributed by atoms with Crippen molar-refractivity contribution in [1.29, 1.82) is 0 Å². The molecule has 2 aromatic rings. The largest absolute Gasteiger partial charge is 0.358 e. The van der Waals surface area contributed by atoms with E-state index in [2.05, 4.69) is 16.6 Å². The minimum atomic E-state index is 0.555. The van der Waals surface area contributed by atoms with Crippen LogP contribution in [0.2, 0.25) is 5.02 Å². The number of thiazole rings is 1. The standard InChI is InChI=1S/C14H17ClN2S2/c1-18-12-5-3-2-4-10(12)16-14-17-11-8-9(15)6-7-13(11)19-14/h6-8,10,12H,2-5H2,1H3,(H,16,17). The van der Waals surface area contributed by atoms with E-state index in [1.807, 2.05) is 30.0 Å². The number of halogens is 1. The molecule has 0 radical (unpaired) electrons. The van der Waals surface area contributed by atoms with Crippen LogP contribution in [-0.2, 0) is 0 Å². The maximum absolute atomic E-state index is 6.01. The lowest BCUT2D eigenvalue weighted by molar-refractivity contribution is 0.475. The van der Waals surface area contributed by atoms with Gasteiger partial charge in [0.2, 0.25) is 0 Å². The Bertz CT molecular complexity index is 570. The molecule has 1 aromatic carbocycles. The van der Waals surface area contributed by atoms with Crippen molar-refractivity contribution >= 4 is 50.0 Å². The summed E-state index contributed by atoms with van der Waals surface area (Å²) in [6, 6.07) is 6.47. The Morgan fingerprint density at radius 3 is 3.05 bits per heavy atom. The molecule has 1 saturated carbocycles. The second kappa shape index (κ2) is 5.90. The van der Waals surface area contributed by atoms with E-state index in [1.54, 1.807) is 11.3 Å². The van der Waals surface area contributed by atoms with Gasteiger partial charge in [-0.05, 0) is 37.3 Å². The van der Waals surface area contributed by atoms with Crippen LogP contribution in [0.5, 0.6) is 0 Å². The zero-order chi connectivity index (χ0) is 13.2. The van der Waals surface area contributed by atoms with E-state index >= 15 is 0 Å². The van der Waals surface area contributed by atoms with Gasteiger partial charge in [-0.2, -0.15) is 11.8 Å². The molecule has 0 spiro atoms. The summed E-state index contributed by atoms with van der Waals surface area (Å²) in [6.07, 6.45) is 7.46. The van der Waals surface area contributed by atoms with Crippen molar-refractivity contribution in [1.82, 2.24) is 4.98 Å². The van der Waals surface area contributed by atoms with Crippen molar-refractivity contribution in [3.05, 3.63) is 23.2 Å². The molecule has 3 rings (SSSR count). The van der Waals surface area contributed by atoms with Crippen LogP contribution in [0.3, 0.4) is 0 Å². The third-order valence-corrected chi connectivity index (χ3v) is 6.04. The predicted molar refractivity (Wildman–Crippen MR) is 87.8 cm³/mol. The number of benzene rings is 1. The van der Waals surface area contributed by atoms with Gasteiger partial charge < -0.3 is 5.32 Å². The highest BCUT2D eigenvalue weighted by molar-refractivity contribution is 7.99. The van der Waals surface area contributed by atoms with E-state index in [4.69, 9.17) is 11.6 Å². The smallest absolute Gasteiger partial charge is 0.184 e. The van der Waals surface area contributed by atoms with E-state index in [1.165, 1.54) is 30.4 Å². The van der Waals surface area contributed by atoms with Crippen molar-refractivity contribution in [2.24, 2.45) is 0 Å². The molecule has 19 heavy (non-hydrogen) atoms. The summed E-state index contributed by atoms with van der Waals surface area (Å²) in [5.41, 5.74) is 0.997. The maximum Gasteiger partial charge on any atom is 0.184 e. The summed E-state index contributed by atoms with van der Waals surface area (Å²) in [6.45, 7) is 0. The summed E-state index contributed by atoms with van der Waals surface area (Å²) >= 11 is 9.70. The second-order valence-corrected chi connectivity index (χ2v) is 7.48. The molecule has 0 aliphatic heterocycles. The lowest BCUT2D eigenvalue weighted by Crippen LogP contribution is -2.34. The lowest BCUT2D eigenvalue weighted by atomic mass is 9.95. The fourth-order valence-corrected chi connectivity index (χ4v) is 4.67. The van der Waals surface area contributed by atoms with Crippen LogP contribution in [0.25, 0.3) is 10.2 Å². The van der Waals surface area contributed by atoms with Crippen molar-refractivity contribution in [2.45, 2.75) is 37.0 Å². The van der Waals surface area contributed by atoms with Crippen molar-refractivity contribution in [3.63, 3.8) is 0 Å². The summed E-state index contributed by atoms with van der Waals surface area (Å²) < 4.78 is 1.20. The molecule has 0 bridgehead atoms. The number of anilines is 1. The molecule has 2 unspecified atom stereocenters. The molecule has 2 atom stereocenters. The van der Waals surface area contributed by atoms with E-state index in [0.717, 1.165) is 15.7 Å². The highest BCUT2D eigenvalue weighted by Gasteiger charge is 2.24. The van der Waals surface area contributed by atoms with Crippen LogP contribution < -0.4 is 5.32 Å². The Balaban J connectivity index is 1.80. The lowest BCUT2D eigenvalue weighted by Gasteiger charge is -2.30. The molecule has 1 N–H and O–H groups in total. The van der Waals surface area contributed by atoms with Gasteiger partial charge in [-0.25, -0.2) is 4.98 Å². The molecular formula is C14H17ClN2S2. The van der Waals surface area contributed by atoms with Gasteiger partial charge in [-0.3, -0.25) is 0 Å². The molecule has 0 amide bonds. The summed E-state index contributed by atoms with van der Waals surface area (Å²) in [7, 11) is 0. The van der Waals surface area contributed by atoms with E-state index in [-0.39, 0.29) is 0 Å². The molecule has 0 saturated heterocycles. The van der Waals surface area contributed by atoms with Crippen molar-refractivity contribution in [3.8, 4) is 0 Å². The van der Waals surface area contributed by atoms with Crippen molar-refractivity contribution < 1.29 is 0 Å². The quantitative estimate of drug-likeness (QED) is 0.860. The van der Waals surface area contributed by atoms with Gasteiger partial charge in [0.05, 0.1) is 10.2 Å². The fraction of sp³-hybridized carbons (Fsp3) is 0.500. The van der Waals surface area contributed by atoms with Gasteiger partial charge in [-0.15, -0.1) is 0 Å². The first kappa shape index (κ1) is 13.5. The molecule has 1 aromatic heterocycles. The number of hydrogen-bond acceptors (Lipinski definition) is 4. The summed E-state index contributed by atoms with van der Waals surface area (Å²) in [5, 5.41) is 6.13. The molecule has 5 heteroatoms. The molecule has 1 fully saturated rings. The van der Waals surface area contributed by atoms with Gasteiger partial charge in [0.1, 0.15) is 0 Å². The third-order valence-electron chi connectivity index (χ3n) is 3.66. The topological polar surface area (TPSA) is 24.9 Å². The Morgan fingerprint density at radius 2 is 2.21 bits per heavy atom. The van der Waals surface area contributed by atoms with Gasteiger partial charge in [0.15, 0.2) is 5.13 Å². The highest BCUT2D eigenvalue weighted by Crippen LogP contribution is 2.33. The van der Waals surface area contributed by atoms with Gasteiger partial charge in [-0.1, -0.05) is 35.8 Å². The van der Waals surface area contributed by atoms with Crippen LogP contribution in [0.15, 0.2) is 18.2 Å². The van der Waals surface area contributed by atoms with Crippen LogP contribution >= 0.6 is 34.7 Å². The Labute approximate surface area is 126 Å². The number of nitrogens with one attached hydrogen (secondary N) is 1. The SMILES string of the molecule is CSC1CCCCC1Nc1nc2cc(Cl)ccc2s1. The average molecular weight is 313 g/mol. The summed E-state index contributed by atoms with van der Waals surface area (Å²) in [4.78, 5) is 4.65. The number of nitrogens with zero attached hydrogens (tertiary/aromatic N) is 1. The van der Waals surface area contributed by atoms with Gasteiger partial charge >= 0.3 is 0 Å². The number of aromatic nitrogens is 1. The first-order valence-corrected chi connectivity index (χ1v) is 9.10. The van der Waals surface area contributed by atoms with E-state index in [0.29, 0.717) is 11.3 Å². The Kier molecular flexibility index (Phi) is 4.20.